The minimum atomic E-state index is -1.03. The summed E-state index contributed by atoms with van der Waals surface area (Å²) in [5.74, 6) is 0.678. The monoisotopic (exact) mass is 243 g/mol. The van der Waals surface area contributed by atoms with Gasteiger partial charge in [-0.15, -0.1) is 0 Å². The normalized spacial score (nSPS) is 12.6. The molecule has 0 aliphatic carbocycles. The molecular formula is C11H17NO3S. The molecule has 0 aliphatic rings. The Kier molecular flexibility index (Phi) is 5.42. The summed E-state index contributed by atoms with van der Waals surface area (Å²) in [6, 6.07) is 3.62. The van der Waals surface area contributed by atoms with E-state index in [2.05, 4.69) is 18.5 Å². The second-order valence-electron chi connectivity index (χ2n) is 3.51. The topological polar surface area (TPSA) is 62.5 Å². The van der Waals surface area contributed by atoms with Crippen LogP contribution in [0.3, 0.4) is 0 Å². The molecule has 0 bridgehead atoms. The molecule has 1 unspecified atom stereocenters. The van der Waals surface area contributed by atoms with Gasteiger partial charge in [-0.25, -0.2) is 4.79 Å². The van der Waals surface area contributed by atoms with Crippen LogP contribution in [0.1, 0.15) is 29.7 Å². The van der Waals surface area contributed by atoms with Gasteiger partial charge in [0.25, 0.3) is 0 Å². The van der Waals surface area contributed by atoms with Crippen LogP contribution in [0.4, 0.5) is 0 Å². The lowest BCUT2D eigenvalue weighted by Crippen LogP contribution is -2.29. The Bertz CT molecular complexity index is 338. The third kappa shape index (κ3) is 3.90. The van der Waals surface area contributed by atoms with E-state index >= 15 is 0 Å². The fourth-order valence-electron chi connectivity index (χ4n) is 1.36. The van der Waals surface area contributed by atoms with Crippen molar-refractivity contribution in [3.8, 4) is 0 Å². The van der Waals surface area contributed by atoms with Gasteiger partial charge in [-0.05, 0) is 24.8 Å². The van der Waals surface area contributed by atoms with Crippen LogP contribution in [0.5, 0.6) is 0 Å². The first-order chi connectivity index (χ1) is 7.67. The predicted molar refractivity (Wildman–Crippen MR) is 65.0 cm³/mol. The van der Waals surface area contributed by atoms with Crippen molar-refractivity contribution < 1.29 is 14.3 Å². The van der Waals surface area contributed by atoms with E-state index in [4.69, 9.17) is 9.52 Å². The Morgan fingerprint density at radius 2 is 2.38 bits per heavy atom. The number of carboxylic acid groups (broad SMARTS) is 1. The van der Waals surface area contributed by atoms with Crippen molar-refractivity contribution in [2.24, 2.45) is 0 Å². The van der Waals surface area contributed by atoms with E-state index in [-0.39, 0.29) is 5.76 Å². The first-order valence-electron chi connectivity index (χ1n) is 5.21. The van der Waals surface area contributed by atoms with Gasteiger partial charge in [0.15, 0.2) is 0 Å². The van der Waals surface area contributed by atoms with E-state index in [1.807, 2.05) is 0 Å². The fourth-order valence-corrected chi connectivity index (χ4v) is 2.11. The SMILES string of the molecule is CCC(CSC)NCc1ccc(C(=O)O)o1. The maximum atomic E-state index is 10.6. The molecular weight excluding hydrogens is 226 g/mol. The van der Waals surface area contributed by atoms with Gasteiger partial charge in [0, 0.05) is 11.8 Å². The average molecular weight is 243 g/mol. The quantitative estimate of drug-likeness (QED) is 0.768. The van der Waals surface area contributed by atoms with Crippen molar-refractivity contribution in [2.75, 3.05) is 12.0 Å². The van der Waals surface area contributed by atoms with E-state index in [1.54, 1.807) is 17.8 Å². The minimum absolute atomic E-state index is 0.00489. The van der Waals surface area contributed by atoms with Crippen molar-refractivity contribution in [1.82, 2.24) is 5.32 Å². The lowest BCUT2D eigenvalue weighted by Gasteiger charge is -2.14. The van der Waals surface area contributed by atoms with Crippen molar-refractivity contribution >= 4 is 17.7 Å². The van der Waals surface area contributed by atoms with E-state index in [9.17, 15) is 4.79 Å². The van der Waals surface area contributed by atoms with Gasteiger partial charge in [-0.2, -0.15) is 11.8 Å². The molecule has 1 aromatic rings. The molecule has 90 valence electrons. The van der Waals surface area contributed by atoms with Crippen LogP contribution in [0.25, 0.3) is 0 Å². The molecule has 1 rings (SSSR count). The Hall–Kier alpha value is -0.940. The lowest BCUT2D eigenvalue weighted by atomic mass is 10.2. The van der Waals surface area contributed by atoms with Crippen LogP contribution in [0, 0.1) is 0 Å². The summed E-state index contributed by atoms with van der Waals surface area (Å²) in [6.45, 7) is 2.70. The van der Waals surface area contributed by atoms with Crippen LogP contribution in [0.15, 0.2) is 16.5 Å². The molecule has 0 amide bonds. The van der Waals surface area contributed by atoms with Gasteiger partial charge in [0.1, 0.15) is 5.76 Å². The Labute approximate surface area is 99.4 Å². The third-order valence-corrected chi connectivity index (χ3v) is 3.03. The molecule has 0 saturated heterocycles. The molecule has 5 heteroatoms. The van der Waals surface area contributed by atoms with Crippen molar-refractivity contribution in [3.05, 3.63) is 23.7 Å². The third-order valence-electron chi connectivity index (χ3n) is 2.30. The van der Waals surface area contributed by atoms with E-state index in [0.717, 1.165) is 12.2 Å². The predicted octanol–water partition coefficient (Wildman–Crippen LogP) is 2.21. The first-order valence-corrected chi connectivity index (χ1v) is 6.61. The number of carboxylic acids is 1. The van der Waals surface area contributed by atoms with Crippen molar-refractivity contribution in [1.29, 1.82) is 0 Å². The highest BCUT2D eigenvalue weighted by Gasteiger charge is 2.10. The van der Waals surface area contributed by atoms with E-state index < -0.39 is 5.97 Å². The molecule has 1 aromatic heterocycles. The number of furan rings is 1. The van der Waals surface area contributed by atoms with Crippen LogP contribution in [-0.2, 0) is 6.54 Å². The van der Waals surface area contributed by atoms with Gasteiger partial charge in [-0.1, -0.05) is 6.92 Å². The van der Waals surface area contributed by atoms with Crippen molar-refractivity contribution in [2.45, 2.75) is 25.9 Å². The van der Waals surface area contributed by atoms with Gasteiger partial charge in [0.05, 0.1) is 6.54 Å². The molecule has 4 nitrogen and oxygen atoms in total. The molecule has 0 spiro atoms. The largest absolute Gasteiger partial charge is 0.475 e. The van der Waals surface area contributed by atoms with Gasteiger partial charge in [-0.3, -0.25) is 0 Å². The van der Waals surface area contributed by atoms with Crippen LogP contribution in [-0.4, -0.2) is 29.1 Å². The highest BCUT2D eigenvalue weighted by molar-refractivity contribution is 7.98. The highest BCUT2D eigenvalue weighted by Crippen LogP contribution is 2.09. The average Bonchev–Trinajstić information content (AvgIpc) is 2.73. The van der Waals surface area contributed by atoms with E-state index in [1.165, 1.54) is 6.07 Å². The van der Waals surface area contributed by atoms with Gasteiger partial charge < -0.3 is 14.8 Å². The summed E-state index contributed by atoms with van der Waals surface area (Å²) in [5, 5.41) is 12.0. The zero-order chi connectivity index (χ0) is 12.0. The molecule has 0 fully saturated rings. The number of hydrogen-bond donors (Lipinski definition) is 2. The molecule has 0 radical (unpaired) electrons. The summed E-state index contributed by atoms with van der Waals surface area (Å²) >= 11 is 1.79. The fraction of sp³-hybridized carbons (Fsp3) is 0.545. The lowest BCUT2D eigenvalue weighted by molar-refractivity contribution is 0.0660. The molecule has 16 heavy (non-hydrogen) atoms. The Morgan fingerprint density at radius 1 is 1.62 bits per heavy atom. The zero-order valence-electron chi connectivity index (χ0n) is 9.53. The highest BCUT2D eigenvalue weighted by atomic mass is 32.2. The summed E-state index contributed by atoms with van der Waals surface area (Å²) < 4.78 is 5.15. The molecule has 0 saturated carbocycles. The van der Waals surface area contributed by atoms with E-state index in [0.29, 0.717) is 18.3 Å². The summed E-state index contributed by atoms with van der Waals surface area (Å²) in [5.41, 5.74) is 0. The number of aromatic carboxylic acids is 1. The summed E-state index contributed by atoms with van der Waals surface area (Å²) in [6.07, 6.45) is 3.12. The molecule has 0 aliphatic heterocycles. The number of thioether (sulfide) groups is 1. The smallest absolute Gasteiger partial charge is 0.371 e. The van der Waals surface area contributed by atoms with Crippen molar-refractivity contribution in [3.63, 3.8) is 0 Å². The van der Waals surface area contributed by atoms with Crippen LogP contribution >= 0.6 is 11.8 Å². The second kappa shape index (κ2) is 6.60. The minimum Gasteiger partial charge on any atom is -0.475 e. The zero-order valence-corrected chi connectivity index (χ0v) is 10.3. The van der Waals surface area contributed by atoms with Gasteiger partial charge >= 0.3 is 5.97 Å². The molecule has 1 atom stereocenters. The summed E-state index contributed by atoms with van der Waals surface area (Å²) in [7, 11) is 0. The molecule has 1 heterocycles. The maximum Gasteiger partial charge on any atom is 0.371 e. The maximum absolute atomic E-state index is 10.6. The number of hydrogen-bond acceptors (Lipinski definition) is 4. The van der Waals surface area contributed by atoms with Gasteiger partial charge in [0.2, 0.25) is 5.76 Å². The molecule has 2 N–H and O–H groups in total. The number of nitrogens with one attached hydrogen (secondary N) is 1. The first kappa shape index (κ1) is 13.1. The van der Waals surface area contributed by atoms with Crippen LogP contribution < -0.4 is 5.32 Å². The Balaban J connectivity index is 2.44. The molecule has 0 aromatic carbocycles. The number of rotatable bonds is 7. The summed E-state index contributed by atoms with van der Waals surface area (Å²) in [4.78, 5) is 10.6. The Morgan fingerprint density at radius 3 is 2.88 bits per heavy atom. The van der Waals surface area contributed by atoms with Crippen LogP contribution in [0.2, 0.25) is 0 Å². The second-order valence-corrected chi connectivity index (χ2v) is 4.42. The standard InChI is InChI=1S/C11H17NO3S/c1-3-8(7-16-2)12-6-9-4-5-10(15-9)11(13)14/h4-5,8,12H,3,6-7H2,1-2H3,(H,13,14). The number of carbonyl (C=O) groups is 1.